The number of likely N-dealkylation sites (N-methyl/N-ethyl adjacent to an activating group) is 1. The molecule has 0 bridgehead atoms. The highest BCUT2D eigenvalue weighted by Gasteiger charge is 2.23. The standard InChI is InChI=1S/C21H26N2O3/c1-3-23(13-18-15-25-19-6-4-5-7-20(19)26-18)14-21(24)22-12-17-10-8-16(2)9-11-17/h4-11,18H,3,12-15H2,1-2H3,(H,22,24). The van der Waals surface area contributed by atoms with Crippen LogP contribution in [0.4, 0.5) is 0 Å². The van der Waals surface area contributed by atoms with Crippen molar-refractivity contribution >= 4 is 5.91 Å². The van der Waals surface area contributed by atoms with Gasteiger partial charge in [0.15, 0.2) is 11.5 Å². The van der Waals surface area contributed by atoms with E-state index in [4.69, 9.17) is 9.47 Å². The third-order valence-electron chi connectivity index (χ3n) is 4.45. The molecule has 1 aliphatic rings. The van der Waals surface area contributed by atoms with Crippen molar-refractivity contribution in [2.75, 3.05) is 26.2 Å². The predicted octanol–water partition coefficient (Wildman–Crippen LogP) is 2.77. The monoisotopic (exact) mass is 354 g/mol. The van der Waals surface area contributed by atoms with Gasteiger partial charge < -0.3 is 14.8 Å². The molecule has 0 aromatic heterocycles. The van der Waals surface area contributed by atoms with Crippen LogP contribution in [0.25, 0.3) is 0 Å². The molecule has 0 saturated carbocycles. The van der Waals surface area contributed by atoms with Gasteiger partial charge in [-0.1, -0.05) is 48.9 Å². The zero-order chi connectivity index (χ0) is 18.4. The zero-order valence-corrected chi connectivity index (χ0v) is 15.4. The van der Waals surface area contributed by atoms with E-state index in [1.165, 1.54) is 5.56 Å². The number of carbonyl (C=O) groups is 1. The van der Waals surface area contributed by atoms with Crippen LogP contribution < -0.4 is 14.8 Å². The van der Waals surface area contributed by atoms with Gasteiger partial charge in [-0.3, -0.25) is 9.69 Å². The van der Waals surface area contributed by atoms with Gasteiger partial charge in [0, 0.05) is 13.1 Å². The second kappa shape index (κ2) is 8.72. The normalized spacial score (nSPS) is 15.7. The van der Waals surface area contributed by atoms with Crippen molar-refractivity contribution in [2.24, 2.45) is 0 Å². The first-order valence-corrected chi connectivity index (χ1v) is 9.07. The molecule has 1 N–H and O–H groups in total. The Labute approximate surface area is 154 Å². The average molecular weight is 354 g/mol. The highest BCUT2D eigenvalue weighted by Crippen LogP contribution is 2.30. The summed E-state index contributed by atoms with van der Waals surface area (Å²) in [4.78, 5) is 14.3. The lowest BCUT2D eigenvalue weighted by Gasteiger charge is -2.30. The SMILES string of the molecule is CCN(CC(=O)NCc1ccc(C)cc1)CC1COc2ccccc2O1. The van der Waals surface area contributed by atoms with Crippen molar-refractivity contribution in [1.82, 2.24) is 10.2 Å². The Morgan fingerprint density at radius 2 is 1.88 bits per heavy atom. The number of hydrogen-bond acceptors (Lipinski definition) is 4. The number of nitrogens with zero attached hydrogens (tertiary/aromatic N) is 1. The van der Waals surface area contributed by atoms with Gasteiger partial charge in [0.1, 0.15) is 12.7 Å². The molecule has 2 aromatic rings. The molecular formula is C21H26N2O3. The average Bonchev–Trinajstić information content (AvgIpc) is 2.67. The Morgan fingerprint density at radius 1 is 1.15 bits per heavy atom. The molecule has 1 aliphatic heterocycles. The second-order valence-corrected chi connectivity index (χ2v) is 6.59. The highest BCUT2D eigenvalue weighted by atomic mass is 16.6. The first kappa shape index (κ1) is 18.3. The van der Waals surface area contributed by atoms with Crippen LogP contribution in [0, 0.1) is 6.92 Å². The number of ether oxygens (including phenoxy) is 2. The Balaban J connectivity index is 1.46. The van der Waals surface area contributed by atoms with E-state index in [0.29, 0.717) is 26.2 Å². The smallest absolute Gasteiger partial charge is 0.234 e. The summed E-state index contributed by atoms with van der Waals surface area (Å²) in [5.74, 6) is 1.57. The van der Waals surface area contributed by atoms with Gasteiger partial charge in [0.05, 0.1) is 6.54 Å². The van der Waals surface area contributed by atoms with Crippen LogP contribution in [-0.2, 0) is 11.3 Å². The Bertz CT molecular complexity index is 730. The lowest BCUT2D eigenvalue weighted by atomic mass is 10.1. The first-order valence-electron chi connectivity index (χ1n) is 9.07. The van der Waals surface area contributed by atoms with Crippen molar-refractivity contribution in [3.05, 3.63) is 59.7 Å². The molecule has 138 valence electrons. The third kappa shape index (κ3) is 4.99. The molecule has 26 heavy (non-hydrogen) atoms. The van der Waals surface area contributed by atoms with E-state index in [1.807, 2.05) is 43.3 Å². The van der Waals surface area contributed by atoms with Crippen LogP contribution in [0.3, 0.4) is 0 Å². The zero-order valence-electron chi connectivity index (χ0n) is 15.4. The van der Waals surface area contributed by atoms with Crippen molar-refractivity contribution in [1.29, 1.82) is 0 Å². The lowest BCUT2D eigenvalue weighted by Crippen LogP contribution is -2.44. The number of aryl methyl sites for hydroxylation is 1. The quantitative estimate of drug-likeness (QED) is 0.831. The molecule has 0 aliphatic carbocycles. The summed E-state index contributed by atoms with van der Waals surface area (Å²) >= 11 is 0. The molecule has 0 fully saturated rings. The van der Waals surface area contributed by atoms with Crippen LogP contribution in [0.1, 0.15) is 18.1 Å². The van der Waals surface area contributed by atoms with Gasteiger partial charge in [-0.05, 0) is 31.2 Å². The van der Waals surface area contributed by atoms with E-state index in [2.05, 4.69) is 29.3 Å². The minimum Gasteiger partial charge on any atom is -0.486 e. The number of para-hydroxylation sites is 2. The van der Waals surface area contributed by atoms with Crippen molar-refractivity contribution in [2.45, 2.75) is 26.5 Å². The van der Waals surface area contributed by atoms with E-state index < -0.39 is 0 Å². The van der Waals surface area contributed by atoms with E-state index >= 15 is 0 Å². The van der Waals surface area contributed by atoms with Crippen LogP contribution in [-0.4, -0.2) is 43.2 Å². The molecule has 1 unspecified atom stereocenters. The molecule has 1 heterocycles. The van der Waals surface area contributed by atoms with Gasteiger partial charge in [-0.15, -0.1) is 0 Å². The van der Waals surface area contributed by atoms with Crippen LogP contribution in [0.5, 0.6) is 11.5 Å². The maximum absolute atomic E-state index is 12.3. The number of benzene rings is 2. The molecule has 0 radical (unpaired) electrons. The number of amides is 1. The molecule has 1 amide bonds. The molecule has 0 spiro atoms. The van der Waals surface area contributed by atoms with E-state index in [-0.39, 0.29) is 12.0 Å². The molecule has 2 aromatic carbocycles. The van der Waals surface area contributed by atoms with Crippen LogP contribution in [0.15, 0.2) is 48.5 Å². The summed E-state index contributed by atoms with van der Waals surface area (Å²) in [6.07, 6.45) is -0.0743. The summed E-state index contributed by atoms with van der Waals surface area (Å²) in [6, 6.07) is 15.9. The van der Waals surface area contributed by atoms with Gasteiger partial charge in [0.25, 0.3) is 0 Å². The van der Waals surface area contributed by atoms with E-state index in [1.54, 1.807) is 0 Å². The minimum absolute atomic E-state index is 0.0181. The fourth-order valence-electron chi connectivity index (χ4n) is 2.91. The van der Waals surface area contributed by atoms with Crippen molar-refractivity contribution < 1.29 is 14.3 Å². The second-order valence-electron chi connectivity index (χ2n) is 6.59. The molecule has 1 atom stereocenters. The minimum atomic E-state index is -0.0743. The number of fused-ring (bicyclic) bond motifs is 1. The van der Waals surface area contributed by atoms with Gasteiger partial charge in [-0.2, -0.15) is 0 Å². The van der Waals surface area contributed by atoms with Crippen molar-refractivity contribution in [3.8, 4) is 11.5 Å². The lowest BCUT2D eigenvalue weighted by molar-refractivity contribution is -0.122. The van der Waals surface area contributed by atoms with Gasteiger partial charge in [0.2, 0.25) is 5.91 Å². The summed E-state index contributed by atoms with van der Waals surface area (Å²) < 4.78 is 11.7. The molecule has 5 heteroatoms. The summed E-state index contributed by atoms with van der Waals surface area (Å²) in [7, 11) is 0. The summed E-state index contributed by atoms with van der Waals surface area (Å²) in [5, 5.41) is 2.98. The first-order chi connectivity index (χ1) is 12.6. The van der Waals surface area contributed by atoms with Crippen molar-refractivity contribution in [3.63, 3.8) is 0 Å². The summed E-state index contributed by atoms with van der Waals surface area (Å²) in [5.41, 5.74) is 2.32. The number of hydrogen-bond donors (Lipinski definition) is 1. The predicted molar refractivity (Wildman–Crippen MR) is 101 cm³/mol. The van der Waals surface area contributed by atoms with Crippen LogP contribution >= 0.6 is 0 Å². The molecular weight excluding hydrogens is 328 g/mol. The highest BCUT2D eigenvalue weighted by molar-refractivity contribution is 5.78. The maximum Gasteiger partial charge on any atom is 0.234 e. The summed E-state index contributed by atoms with van der Waals surface area (Å²) in [6.45, 7) is 6.93. The van der Waals surface area contributed by atoms with E-state index in [0.717, 1.165) is 23.6 Å². The number of rotatable bonds is 7. The fourth-order valence-corrected chi connectivity index (χ4v) is 2.91. The fraction of sp³-hybridized carbons (Fsp3) is 0.381. The van der Waals surface area contributed by atoms with E-state index in [9.17, 15) is 4.79 Å². The molecule has 3 rings (SSSR count). The van der Waals surface area contributed by atoms with Gasteiger partial charge in [-0.25, -0.2) is 0 Å². The van der Waals surface area contributed by atoms with Crippen LogP contribution in [0.2, 0.25) is 0 Å². The Morgan fingerprint density at radius 3 is 2.62 bits per heavy atom. The Kier molecular flexibility index (Phi) is 6.12. The molecule has 5 nitrogen and oxygen atoms in total. The molecule has 0 saturated heterocycles. The topological polar surface area (TPSA) is 50.8 Å². The largest absolute Gasteiger partial charge is 0.486 e. The number of carbonyl (C=O) groups excluding carboxylic acids is 1. The maximum atomic E-state index is 12.3. The van der Waals surface area contributed by atoms with Gasteiger partial charge >= 0.3 is 0 Å². The third-order valence-corrected chi connectivity index (χ3v) is 4.45. The number of nitrogens with one attached hydrogen (secondary N) is 1. The Hall–Kier alpha value is -2.53.